The number of piperidine rings is 1. The van der Waals surface area contributed by atoms with Gasteiger partial charge in [-0.1, -0.05) is 0 Å². The minimum absolute atomic E-state index is 0.163. The highest BCUT2D eigenvalue weighted by Crippen LogP contribution is 2.34. The number of hydrogen-bond donors (Lipinski definition) is 3. The van der Waals surface area contributed by atoms with Crippen molar-refractivity contribution in [2.24, 2.45) is 0 Å². The molecule has 0 saturated carbocycles. The minimum atomic E-state index is -4.68. The smallest absolute Gasteiger partial charge is 0.407 e. The van der Waals surface area contributed by atoms with Gasteiger partial charge in [-0.3, -0.25) is 4.72 Å². The quantitative estimate of drug-likeness (QED) is 0.226. The first-order chi connectivity index (χ1) is 20.5. The summed E-state index contributed by atoms with van der Waals surface area (Å²) in [5.41, 5.74) is -0.244. The SMILES string of the molecule is O=C(O)N1CCC[C@H](Nc2nccc(-c3cccnc3Oc3ccc(NS(=O)(=O)c4cc(F)cc(F)c4)c(F)c3F)n2)C1. The second-order valence-corrected chi connectivity index (χ2v) is 11.1. The highest BCUT2D eigenvalue weighted by Gasteiger charge is 2.25. The van der Waals surface area contributed by atoms with Crippen molar-refractivity contribution >= 4 is 27.8 Å². The van der Waals surface area contributed by atoms with Gasteiger partial charge < -0.3 is 20.1 Å². The zero-order chi connectivity index (χ0) is 30.7. The van der Waals surface area contributed by atoms with Gasteiger partial charge in [-0.2, -0.15) is 4.39 Å². The molecule has 224 valence electrons. The molecule has 0 radical (unpaired) electrons. The Balaban J connectivity index is 1.36. The van der Waals surface area contributed by atoms with Crippen molar-refractivity contribution in [2.75, 3.05) is 23.1 Å². The number of likely N-dealkylation sites (tertiary alicyclic amines) is 1. The Labute approximate surface area is 242 Å². The second kappa shape index (κ2) is 12.1. The highest BCUT2D eigenvalue weighted by atomic mass is 32.2. The number of carboxylic acid groups (broad SMARTS) is 1. The van der Waals surface area contributed by atoms with Crippen molar-refractivity contribution < 1.29 is 40.6 Å². The van der Waals surface area contributed by atoms with Crippen LogP contribution in [0.25, 0.3) is 11.3 Å². The van der Waals surface area contributed by atoms with Crippen LogP contribution >= 0.6 is 0 Å². The first-order valence-electron chi connectivity index (χ1n) is 12.7. The van der Waals surface area contributed by atoms with Gasteiger partial charge in [-0.25, -0.2) is 41.3 Å². The van der Waals surface area contributed by atoms with E-state index in [0.29, 0.717) is 43.3 Å². The van der Waals surface area contributed by atoms with Gasteiger partial charge in [0.25, 0.3) is 10.0 Å². The lowest BCUT2D eigenvalue weighted by Gasteiger charge is -2.31. The van der Waals surface area contributed by atoms with Crippen LogP contribution in [0.5, 0.6) is 11.6 Å². The molecule has 11 nitrogen and oxygen atoms in total. The first kappa shape index (κ1) is 29.5. The number of anilines is 2. The van der Waals surface area contributed by atoms with Crippen LogP contribution in [0.1, 0.15) is 12.8 Å². The molecule has 1 aliphatic heterocycles. The van der Waals surface area contributed by atoms with Crippen LogP contribution in [0.15, 0.2) is 65.8 Å². The molecule has 0 spiro atoms. The van der Waals surface area contributed by atoms with Crippen molar-refractivity contribution in [3.8, 4) is 22.9 Å². The molecule has 0 unspecified atom stereocenters. The zero-order valence-corrected chi connectivity index (χ0v) is 22.8. The van der Waals surface area contributed by atoms with Gasteiger partial charge >= 0.3 is 6.09 Å². The van der Waals surface area contributed by atoms with E-state index in [1.165, 1.54) is 23.4 Å². The number of halogens is 4. The molecule has 16 heteroatoms. The fourth-order valence-electron chi connectivity index (χ4n) is 4.38. The fourth-order valence-corrected chi connectivity index (χ4v) is 5.48. The third-order valence-electron chi connectivity index (χ3n) is 6.37. The lowest BCUT2D eigenvalue weighted by Crippen LogP contribution is -2.44. The summed E-state index contributed by atoms with van der Waals surface area (Å²) in [6.45, 7) is 0.683. The Kier molecular flexibility index (Phi) is 8.29. The largest absolute Gasteiger partial charge is 0.465 e. The average Bonchev–Trinajstić information content (AvgIpc) is 2.97. The summed E-state index contributed by atoms with van der Waals surface area (Å²) in [5, 5.41) is 12.4. The molecule has 4 aromatic rings. The number of amides is 1. The molecule has 1 aliphatic rings. The second-order valence-electron chi connectivity index (χ2n) is 9.39. The Morgan fingerprint density at radius 1 is 1.00 bits per heavy atom. The minimum Gasteiger partial charge on any atom is -0.465 e. The topological polar surface area (TPSA) is 147 Å². The molecule has 1 amide bonds. The summed E-state index contributed by atoms with van der Waals surface area (Å²) >= 11 is 0. The van der Waals surface area contributed by atoms with Crippen molar-refractivity contribution in [1.82, 2.24) is 19.9 Å². The summed E-state index contributed by atoms with van der Waals surface area (Å²) in [4.78, 5) is 24.5. The van der Waals surface area contributed by atoms with Gasteiger partial charge in [-0.05, 0) is 55.3 Å². The van der Waals surface area contributed by atoms with Crippen LogP contribution in [0, 0.1) is 23.3 Å². The molecule has 1 atom stereocenters. The van der Waals surface area contributed by atoms with Gasteiger partial charge in [0.1, 0.15) is 11.6 Å². The highest BCUT2D eigenvalue weighted by molar-refractivity contribution is 7.92. The van der Waals surface area contributed by atoms with Gasteiger partial charge in [0.2, 0.25) is 17.6 Å². The summed E-state index contributed by atoms with van der Waals surface area (Å²) in [5.74, 6) is -6.14. The maximum absolute atomic E-state index is 15.0. The van der Waals surface area contributed by atoms with Crippen LogP contribution < -0.4 is 14.8 Å². The van der Waals surface area contributed by atoms with Crippen LogP contribution in [0.3, 0.4) is 0 Å². The van der Waals surface area contributed by atoms with E-state index >= 15 is 4.39 Å². The van der Waals surface area contributed by atoms with E-state index in [1.54, 1.807) is 16.9 Å². The Morgan fingerprint density at radius 2 is 1.77 bits per heavy atom. The number of pyridine rings is 1. The molecule has 1 saturated heterocycles. The number of nitrogens with zero attached hydrogens (tertiary/aromatic N) is 4. The van der Waals surface area contributed by atoms with Gasteiger partial charge in [0.05, 0.1) is 21.8 Å². The fraction of sp³-hybridized carbons (Fsp3) is 0.185. The number of sulfonamides is 1. The average molecular weight is 619 g/mol. The van der Waals surface area contributed by atoms with E-state index < -0.39 is 55.7 Å². The van der Waals surface area contributed by atoms with E-state index in [4.69, 9.17) is 4.74 Å². The summed E-state index contributed by atoms with van der Waals surface area (Å²) in [6.07, 6.45) is 3.14. The molecular weight excluding hydrogens is 596 g/mol. The van der Waals surface area contributed by atoms with Crippen molar-refractivity contribution in [2.45, 2.75) is 23.8 Å². The van der Waals surface area contributed by atoms with Crippen LogP contribution in [-0.4, -0.2) is 58.6 Å². The van der Waals surface area contributed by atoms with Crippen LogP contribution in [0.4, 0.5) is 34.0 Å². The molecule has 3 N–H and O–H groups in total. The number of aromatic nitrogens is 3. The molecule has 43 heavy (non-hydrogen) atoms. The lowest BCUT2D eigenvalue weighted by molar-refractivity contribution is 0.132. The molecule has 0 aliphatic carbocycles. The normalized spacial score (nSPS) is 15.2. The summed E-state index contributed by atoms with van der Waals surface area (Å²) in [7, 11) is -4.68. The third-order valence-corrected chi connectivity index (χ3v) is 7.72. The van der Waals surface area contributed by atoms with E-state index in [9.17, 15) is 31.5 Å². The van der Waals surface area contributed by atoms with Crippen molar-refractivity contribution in [3.63, 3.8) is 0 Å². The number of hydrogen-bond acceptors (Lipinski definition) is 8. The number of ether oxygens (including phenoxy) is 1. The van der Waals surface area contributed by atoms with E-state index in [0.717, 1.165) is 12.1 Å². The number of benzene rings is 2. The predicted molar refractivity (Wildman–Crippen MR) is 145 cm³/mol. The number of carbonyl (C=O) groups is 1. The Bertz CT molecular complexity index is 1780. The summed E-state index contributed by atoms with van der Waals surface area (Å²) < 4.78 is 89.3. The van der Waals surface area contributed by atoms with Gasteiger partial charge in [-0.15, -0.1) is 0 Å². The van der Waals surface area contributed by atoms with Crippen LogP contribution in [-0.2, 0) is 10.0 Å². The van der Waals surface area contributed by atoms with Crippen molar-refractivity contribution in [3.05, 3.63) is 84.2 Å². The molecule has 2 aromatic heterocycles. The van der Waals surface area contributed by atoms with E-state index in [1.807, 2.05) is 0 Å². The monoisotopic (exact) mass is 618 g/mol. The molecule has 1 fully saturated rings. The molecular formula is C27H22F4N6O5S. The van der Waals surface area contributed by atoms with Gasteiger partial charge in [0, 0.05) is 37.6 Å². The van der Waals surface area contributed by atoms with Crippen molar-refractivity contribution in [1.29, 1.82) is 0 Å². The first-order valence-corrected chi connectivity index (χ1v) is 14.2. The van der Waals surface area contributed by atoms with E-state index in [2.05, 4.69) is 20.3 Å². The Hall–Kier alpha value is -4.99. The summed E-state index contributed by atoms with van der Waals surface area (Å²) in [6, 6.07) is 7.76. The third kappa shape index (κ3) is 6.74. The molecule has 5 rings (SSSR count). The number of nitrogens with one attached hydrogen (secondary N) is 2. The molecule has 0 bridgehead atoms. The number of rotatable bonds is 8. The maximum Gasteiger partial charge on any atom is 0.407 e. The zero-order valence-electron chi connectivity index (χ0n) is 22.0. The Morgan fingerprint density at radius 3 is 2.51 bits per heavy atom. The van der Waals surface area contributed by atoms with Gasteiger partial charge in [0.15, 0.2) is 11.6 Å². The van der Waals surface area contributed by atoms with E-state index in [-0.39, 0.29) is 30.0 Å². The molecule has 3 heterocycles. The standard InChI is InChI=1S/C27H22F4N6O5S/c28-15-11-16(29)13-18(12-15)43(40,41)36-21-5-6-22(24(31)23(21)30)42-25-19(4-1-8-32-25)20-7-9-33-26(35-20)34-17-3-2-10-37(14-17)27(38)39/h1,4-9,11-13,17,36H,2-3,10,14H2,(H,38,39)(H,33,34,35)/t17-/m0/s1. The molecule has 2 aromatic carbocycles. The maximum atomic E-state index is 15.0. The predicted octanol–water partition coefficient (Wildman–Crippen LogP) is 5.24. The lowest BCUT2D eigenvalue weighted by atomic mass is 10.1. The van der Waals surface area contributed by atoms with Crippen LogP contribution in [0.2, 0.25) is 0 Å².